The van der Waals surface area contributed by atoms with E-state index in [1.54, 1.807) is 36.4 Å². The number of nitrogens with two attached hydrogens (primary N) is 1. The molecule has 1 aliphatic rings. The maximum Gasteiger partial charge on any atom is 0.434 e. The minimum absolute atomic E-state index is 0.0124. The SMILES string of the molecule is NS(=O)(=O)c1ccccc1-c1ccc2[nH]c(C3CC3c3ccc(OC(C(F)(F)F)C(F)(F)F)cc3)nc2c1. The molecule has 6 nitrogen and oxygen atoms in total. The minimum atomic E-state index is -5.60. The fraction of sp³-hybridized carbons (Fsp3) is 0.240. The number of nitrogens with one attached hydrogen (secondary N) is 1. The van der Waals surface area contributed by atoms with Crippen molar-refractivity contribution >= 4 is 21.1 Å². The van der Waals surface area contributed by atoms with Gasteiger partial charge in [-0.1, -0.05) is 36.4 Å². The molecule has 0 radical (unpaired) electrons. The number of alkyl halides is 6. The van der Waals surface area contributed by atoms with Gasteiger partial charge >= 0.3 is 12.4 Å². The number of aromatic amines is 1. The Hall–Kier alpha value is -3.58. The topological polar surface area (TPSA) is 98.1 Å². The highest BCUT2D eigenvalue weighted by Gasteiger charge is 2.59. The number of imidazole rings is 1. The number of nitrogens with zero attached hydrogens (tertiary/aromatic N) is 1. The predicted octanol–water partition coefficient (Wildman–Crippen LogP) is 6.02. The second-order valence-corrected chi connectivity index (χ2v) is 10.5. The van der Waals surface area contributed by atoms with E-state index in [1.165, 1.54) is 18.2 Å². The van der Waals surface area contributed by atoms with Crippen LogP contribution in [0.2, 0.25) is 0 Å². The van der Waals surface area contributed by atoms with Gasteiger partial charge in [0.25, 0.3) is 6.10 Å². The largest absolute Gasteiger partial charge is 0.471 e. The lowest BCUT2D eigenvalue weighted by molar-refractivity contribution is -0.299. The molecular formula is C25H19F6N3O3S. The Morgan fingerprint density at radius 1 is 0.921 bits per heavy atom. The summed E-state index contributed by atoms with van der Waals surface area (Å²) in [5.41, 5.74) is 3.09. The number of rotatable bonds is 6. The molecule has 38 heavy (non-hydrogen) atoms. The van der Waals surface area contributed by atoms with Crippen LogP contribution in [0.4, 0.5) is 26.3 Å². The van der Waals surface area contributed by atoms with Gasteiger partial charge in [-0.25, -0.2) is 18.5 Å². The maximum atomic E-state index is 12.8. The molecule has 1 aromatic heterocycles. The molecule has 13 heteroatoms. The summed E-state index contributed by atoms with van der Waals surface area (Å²) in [5.74, 6) is 0.0544. The van der Waals surface area contributed by atoms with Crippen LogP contribution in [0.1, 0.15) is 29.6 Å². The van der Waals surface area contributed by atoms with Gasteiger partial charge in [0, 0.05) is 11.5 Å². The molecule has 1 aliphatic carbocycles. The van der Waals surface area contributed by atoms with Gasteiger partial charge in [-0.15, -0.1) is 0 Å². The number of hydrogen-bond acceptors (Lipinski definition) is 4. The number of halogens is 6. The Morgan fingerprint density at radius 2 is 1.58 bits per heavy atom. The van der Waals surface area contributed by atoms with Crippen LogP contribution < -0.4 is 9.88 Å². The number of fused-ring (bicyclic) bond motifs is 1. The number of ether oxygens (including phenoxy) is 1. The second kappa shape index (κ2) is 9.02. The van der Waals surface area contributed by atoms with Crippen LogP contribution in [0.3, 0.4) is 0 Å². The first-order chi connectivity index (χ1) is 17.7. The number of primary sulfonamides is 1. The summed E-state index contributed by atoms with van der Waals surface area (Å²) in [6, 6.07) is 16.6. The molecule has 1 fully saturated rings. The van der Waals surface area contributed by atoms with Crippen LogP contribution in [-0.4, -0.2) is 36.8 Å². The normalized spacial score (nSPS) is 18.2. The van der Waals surface area contributed by atoms with Gasteiger partial charge in [0.05, 0.1) is 15.9 Å². The van der Waals surface area contributed by atoms with E-state index in [1.807, 2.05) is 0 Å². The first kappa shape index (κ1) is 26.0. The van der Waals surface area contributed by atoms with E-state index in [-0.39, 0.29) is 16.7 Å². The van der Waals surface area contributed by atoms with Gasteiger partial charge < -0.3 is 9.72 Å². The number of sulfonamides is 1. The Kier molecular flexibility index (Phi) is 6.18. The highest BCUT2D eigenvalue weighted by Crippen LogP contribution is 2.54. The van der Waals surface area contributed by atoms with Crippen LogP contribution in [0.5, 0.6) is 5.75 Å². The van der Waals surface area contributed by atoms with Crippen LogP contribution in [0, 0.1) is 0 Å². The van der Waals surface area contributed by atoms with Gasteiger partial charge in [-0.3, -0.25) is 0 Å². The lowest BCUT2D eigenvalue weighted by atomic mass is 10.1. The van der Waals surface area contributed by atoms with Crippen LogP contribution in [0.25, 0.3) is 22.2 Å². The second-order valence-electron chi connectivity index (χ2n) is 8.99. The zero-order valence-corrected chi connectivity index (χ0v) is 20.0. The molecule has 1 saturated carbocycles. The first-order valence-corrected chi connectivity index (χ1v) is 12.8. The molecule has 200 valence electrons. The summed E-state index contributed by atoms with van der Waals surface area (Å²) >= 11 is 0. The first-order valence-electron chi connectivity index (χ1n) is 11.2. The smallest absolute Gasteiger partial charge is 0.434 e. The molecule has 1 heterocycles. The van der Waals surface area contributed by atoms with E-state index >= 15 is 0 Å². The molecule has 0 bridgehead atoms. The van der Waals surface area contributed by atoms with Crippen molar-refractivity contribution < 1.29 is 39.5 Å². The third-order valence-corrected chi connectivity index (χ3v) is 7.27. The van der Waals surface area contributed by atoms with E-state index in [2.05, 4.69) is 14.7 Å². The molecule has 2 atom stereocenters. The zero-order valence-electron chi connectivity index (χ0n) is 19.2. The molecule has 0 amide bonds. The monoisotopic (exact) mass is 555 g/mol. The van der Waals surface area contributed by atoms with E-state index in [0.29, 0.717) is 28.9 Å². The van der Waals surface area contributed by atoms with Crippen molar-refractivity contribution in [1.82, 2.24) is 9.97 Å². The molecule has 3 N–H and O–H groups in total. The van der Waals surface area contributed by atoms with Crippen molar-refractivity contribution in [3.63, 3.8) is 0 Å². The van der Waals surface area contributed by atoms with E-state index in [0.717, 1.165) is 23.2 Å². The Labute approximate surface area is 212 Å². The Balaban J connectivity index is 1.34. The third-order valence-electron chi connectivity index (χ3n) is 6.30. The van der Waals surface area contributed by atoms with Crippen molar-refractivity contribution in [2.45, 2.75) is 41.6 Å². The van der Waals surface area contributed by atoms with Gasteiger partial charge in [0.15, 0.2) is 0 Å². The average Bonchev–Trinajstić information content (AvgIpc) is 3.52. The number of H-pyrrole nitrogens is 1. The van der Waals surface area contributed by atoms with Gasteiger partial charge in [0.1, 0.15) is 11.6 Å². The number of aromatic nitrogens is 2. The van der Waals surface area contributed by atoms with Gasteiger partial charge in [-0.05, 0) is 53.8 Å². The highest BCUT2D eigenvalue weighted by atomic mass is 32.2. The molecule has 4 aromatic rings. The van der Waals surface area contributed by atoms with Crippen molar-refractivity contribution in [3.8, 4) is 16.9 Å². The average molecular weight is 556 g/mol. The van der Waals surface area contributed by atoms with E-state index in [4.69, 9.17) is 5.14 Å². The fourth-order valence-electron chi connectivity index (χ4n) is 4.44. The predicted molar refractivity (Wildman–Crippen MR) is 126 cm³/mol. The highest BCUT2D eigenvalue weighted by molar-refractivity contribution is 7.89. The molecule has 0 aliphatic heterocycles. The number of hydrogen-bond donors (Lipinski definition) is 2. The summed E-state index contributed by atoms with van der Waals surface area (Å²) in [6.45, 7) is 0. The standard InChI is InChI=1S/C25H19F6N3O3S/c26-24(27,28)23(25(29,30)31)37-15-8-5-13(6-9-15)17-12-18(17)22-33-19-10-7-14(11-20(19)34-22)16-3-1-2-4-21(16)38(32,35)36/h1-11,17-18,23H,12H2,(H,33,34)(H2,32,35,36). The summed E-state index contributed by atoms with van der Waals surface area (Å²) in [6.07, 6.45) is -14.4. The van der Waals surface area contributed by atoms with Gasteiger partial charge in [0.2, 0.25) is 10.0 Å². The van der Waals surface area contributed by atoms with Crippen LogP contribution in [-0.2, 0) is 10.0 Å². The van der Waals surface area contributed by atoms with E-state index < -0.39 is 34.2 Å². The van der Waals surface area contributed by atoms with Crippen molar-refractivity contribution in [1.29, 1.82) is 0 Å². The fourth-order valence-corrected chi connectivity index (χ4v) is 5.20. The summed E-state index contributed by atoms with van der Waals surface area (Å²) in [5, 5.41) is 5.34. The molecular weight excluding hydrogens is 536 g/mol. The lowest BCUT2D eigenvalue weighted by Crippen LogP contribution is -2.46. The molecule has 0 saturated heterocycles. The maximum absolute atomic E-state index is 12.8. The van der Waals surface area contributed by atoms with Crippen LogP contribution in [0.15, 0.2) is 71.6 Å². The summed E-state index contributed by atoms with van der Waals surface area (Å²) < 4.78 is 105. The summed E-state index contributed by atoms with van der Waals surface area (Å²) in [4.78, 5) is 7.84. The Morgan fingerprint density at radius 3 is 2.21 bits per heavy atom. The molecule has 2 unspecified atom stereocenters. The van der Waals surface area contributed by atoms with Crippen molar-refractivity contribution in [3.05, 3.63) is 78.1 Å². The van der Waals surface area contributed by atoms with Crippen molar-refractivity contribution in [2.24, 2.45) is 5.14 Å². The third kappa shape index (κ3) is 5.20. The summed E-state index contributed by atoms with van der Waals surface area (Å²) in [7, 11) is -3.94. The quantitative estimate of drug-likeness (QED) is 0.284. The lowest BCUT2D eigenvalue weighted by Gasteiger charge is -2.23. The number of benzene rings is 3. The Bertz CT molecular complexity index is 1580. The van der Waals surface area contributed by atoms with Crippen molar-refractivity contribution in [2.75, 3.05) is 0 Å². The molecule has 5 rings (SSSR count). The van der Waals surface area contributed by atoms with Crippen LogP contribution >= 0.6 is 0 Å². The van der Waals surface area contributed by atoms with Gasteiger partial charge in [-0.2, -0.15) is 26.3 Å². The zero-order chi connectivity index (χ0) is 27.5. The minimum Gasteiger partial charge on any atom is -0.471 e. The molecule has 3 aromatic carbocycles. The molecule has 0 spiro atoms. The van der Waals surface area contributed by atoms with E-state index in [9.17, 15) is 34.8 Å².